The number of aliphatic hydroxyl groups excluding tert-OH is 2. The zero-order valence-electron chi connectivity index (χ0n) is 13.0. The summed E-state index contributed by atoms with van der Waals surface area (Å²) in [7, 11) is 1.54. The van der Waals surface area contributed by atoms with E-state index in [0.717, 1.165) is 18.4 Å². The molecule has 5 heteroatoms. The van der Waals surface area contributed by atoms with Crippen molar-refractivity contribution in [2.45, 2.75) is 38.9 Å². The van der Waals surface area contributed by atoms with Gasteiger partial charge in [-0.25, -0.2) is 0 Å². The Morgan fingerprint density at radius 3 is 2.52 bits per heavy atom. The van der Waals surface area contributed by atoms with Crippen molar-refractivity contribution < 1.29 is 24.4 Å². The van der Waals surface area contributed by atoms with Gasteiger partial charge in [-0.15, -0.1) is 0 Å². The lowest BCUT2D eigenvalue weighted by molar-refractivity contribution is 0.0108. The van der Waals surface area contributed by atoms with Gasteiger partial charge in [0.25, 0.3) is 0 Å². The number of benzene rings is 1. The molecular formula is C16H26O5. The molecule has 120 valence electrons. The molecule has 0 aromatic heterocycles. The lowest BCUT2D eigenvalue weighted by Crippen LogP contribution is -2.23. The molecule has 5 nitrogen and oxygen atoms in total. The Bertz CT molecular complexity index is 406. The average molecular weight is 298 g/mol. The maximum atomic E-state index is 9.79. The Morgan fingerprint density at radius 1 is 1.14 bits per heavy atom. The molecule has 0 fully saturated rings. The van der Waals surface area contributed by atoms with E-state index in [4.69, 9.17) is 14.2 Å². The van der Waals surface area contributed by atoms with Gasteiger partial charge in [-0.1, -0.05) is 19.4 Å². The monoisotopic (exact) mass is 298 g/mol. The van der Waals surface area contributed by atoms with Crippen LogP contribution in [0.3, 0.4) is 0 Å². The van der Waals surface area contributed by atoms with Crippen LogP contribution in [-0.4, -0.2) is 43.2 Å². The van der Waals surface area contributed by atoms with Gasteiger partial charge in [0, 0.05) is 6.61 Å². The molecule has 2 N–H and O–H groups in total. The summed E-state index contributed by atoms with van der Waals surface area (Å²) in [5.41, 5.74) is 0.752. The highest BCUT2D eigenvalue weighted by Gasteiger charge is 2.11. The molecule has 0 aliphatic heterocycles. The Labute approximate surface area is 126 Å². The Hall–Kier alpha value is -1.30. The maximum absolute atomic E-state index is 9.79. The van der Waals surface area contributed by atoms with Gasteiger partial charge < -0.3 is 24.4 Å². The Balaban J connectivity index is 2.47. The second-order valence-electron chi connectivity index (χ2n) is 4.98. The first-order valence-corrected chi connectivity index (χ1v) is 7.33. The molecule has 0 heterocycles. The van der Waals surface area contributed by atoms with Crippen molar-refractivity contribution in [1.29, 1.82) is 0 Å². The van der Waals surface area contributed by atoms with Crippen molar-refractivity contribution in [3.05, 3.63) is 23.8 Å². The van der Waals surface area contributed by atoms with E-state index in [1.165, 1.54) is 7.11 Å². The van der Waals surface area contributed by atoms with Crippen LogP contribution in [0.25, 0.3) is 0 Å². The van der Waals surface area contributed by atoms with Gasteiger partial charge >= 0.3 is 0 Å². The van der Waals surface area contributed by atoms with Crippen LogP contribution < -0.4 is 9.47 Å². The zero-order chi connectivity index (χ0) is 15.7. The molecule has 0 spiro atoms. The van der Waals surface area contributed by atoms with E-state index in [9.17, 15) is 10.2 Å². The normalized spacial score (nSPS) is 13.8. The van der Waals surface area contributed by atoms with Crippen LogP contribution >= 0.6 is 0 Å². The molecule has 0 aliphatic carbocycles. The molecule has 1 aromatic rings. The summed E-state index contributed by atoms with van der Waals surface area (Å²) in [5.74, 6) is 1.07. The van der Waals surface area contributed by atoms with E-state index in [1.54, 1.807) is 25.1 Å². The third-order valence-corrected chi connectivity index (χ3v) is 3.05. The minimum Gasteiger partial charge on any atom is -0.493 e. The number of rotatable bonds is 10. The van der Waals surface area contributed by atoms with Gasteiger partial charge in [-0.3, -0.25) is 0 Å². The second kappa shape index (κ2) is 9.60. The first-order valence-electron chi connectivity index (χ1n) is 7.33. The number of unbranched alkanes of at least 4 members (excludes halogenated alkanes) is 1. The fourth-order valence-corrected chi connectivity index (χ4v) is 1.76. The second-order valence-corrected chi connectivity index (χ2v) is 4.98. The summed E-state index contributed by atoms with van der Waals surface area (Å²) >= 11 is 0. The van der Waals surface area contributed by atoms with Crippen LogP contribution in [0.5, 0.6) is 11.5 Å². The third kappa shape index (κ3) is 6.33. The topological polar surface area (TPSA) is 68.2 Å². The predicted octanol–water partition coefficient (Wildman–Crippen LogP) is 2.30. The van der Waals surface area contributed by atoms with Crippen LogP contribution in [0.1, 0.15) is 38.4 Å². The predicted molar refractivity (Wildman–Crippen MR) is 80.9 cm³/mol. The molecule has 1 unspecified atom stereocenters. The highest BCUT2D eigenvalue weighted by molar-refractivity contribution is 5.43. The minimum absolute atomic E-state index is 0.135. The van der Waals surface area contributed by atoms with Crippen LogP contribution in [0.4, 0.5) is 0 Å². The van der Waals surface area contributed by atoms with Crippen molar-refractivity contribution in [1.82, 2.24) is 0 Å². The molecule has 0 amide bonds. The van der Waals surface area contributed by atoms with Crippen molar-refractivity contribution in [2.24, 2.45) is 0 Å². The fourth-order valence-electron chi connectivity index (χ4n) is 1.76. The fraction of sp³-hybridized carbons (Fsp3) is 0.625. The third-order valence-electron chi connectivity index (χ3n) is 3.05. The quantitative estimate of drug-likeness (QED) is 0.649. The molecule has 0 saturated heterocycles. The van der Waals surface area contributed by atoms with Crippen molar-refractivity contribution >= 4 is 0 Å². The van der Waals surface area contributed by atoms with E-state index in [2.05, 4.69) is 6.92 Å². The maximum Gasteiger partial charge on any atom is 0.161 e. The summed E-state index contributed by atoms with van der Waals surface area (Å²) < 4.78 is 16.1. The number of methoxy groups -OCH3 is 1. The van der Waals surface area contributed by atoms with Gasteiger partial charge in [0.1, 0.15) is 12.7 Å². The minimum atomic E-state index is -0.678. The molecule has 1 rings (SSSR count). The summed E-state index contributed by atoms with van der Waals surface area (Å²) in [6.07, 6.45) is 0.815. The number of ether oxygens (including phenoxy) is 3. The SMILES string of the molecule is CCCCOCC(O)COc1ccc([C@H](C)O)cc1OC. The highest BCUT2D eigenvalue weighted by atomic mass is 16.5. The van der Waals surface area contributed by atoms with Crippen LogP contribution in [0.2, 0.25) is 0 Å². The van der Waals surface area contributed by atoms with Crippen molar-refractivity contribution in [3.8, 4) is 11.5 Å². The number of hydrogen-bond acceptors (Lipinski definition) is 5. The van der Waals surface area contributed by atoms with Crippen LogP contribution in [0.15, 0.2) is 18.2 Å². The smallest absolute Gasteiger partial charge is 0.161 e. The van der Waals surface area contributed by atoms with Crippen molar-refractivity contribution in [2.75, 3.05) is 26.9 Å². The molecule has 0 radical (unpaired) electrons. The molecule has 0 aliphatic rings. The van der Waals surface area contributed by atoms with E-state index in [-0.39, 0.29) is 13.2 Å². The summed E-state index contributed by atoms with van der Waals surface area (Å²) in [4.78, 5) is 0. The zero-order valence-corrected chi connectivity index (χ0v) is 13.0. The summed E-state index contributed by atoms with van der Waals surface area (Å²) in [6, 6.07) is 5.22. The molecule has 0 saturated carbocycles. The molecule has 1 aromatic carbocycles. The summed E-state index contributed by atoms with van der Waals surface area (Å²) in [6.45, 7) is 4.82. The van der Waals surface area contributed by atoms with Crippen LogP contribution in [0, 0.1) is 0 Å². The number of hydrogen-bond donors (Lipinski definition) is 2. The van der Waals surface area contributed by atoms with Gasteiger partial charge in [0.2, 0.25) is 0 Å². The Kier molecular flexibility index (Phi) is 8.12. The van der Waals surface area contributed by atoms with Crippen LogP contribution in [-0.2, 0) is 4.74 Å². The first kappa shape index (κ1) is 17.8. The lowest BCUT2D eigenvalue weighted by atomic mass is 10.1. The number of aliphatic hydroxyl groups is 2. The van der Waals surface area contributed by atoms with Gasteiger partial charge in [0.15, 0.2) is 11.5 Å². The standard InChI is InChI=1S/C16H26O5/c1-4-5-8-20-10-14(18)11-21-15-7-6-13(12(2)17)9-16(15)19-3/h6-7,9,12,14,17-18H,4-5,8,10-11H2,1-3H3/t12-,14?/m0/s1. The largest absolute Gasteiger partial charge is 0.493 e. The Morgan fingerprint density at radius 2 is 1.90 bits per heavy atom. The molecule has 21 heavy (non-hydrogen) atoms. The first-order chi connectivity index (χ1) is 10.1. The lowest BCUT2D eigenvalue weighted by Gasteiger charge is -2.16. The average Bonchev–Trinajstić information content (AvgIpc) is 2.49. The van der Waals surface area contributed by atoms with Gasteiger partial charge in [-0.2, -0.15) is 0 Å². The van der Waals surface area contributed by atoms with E-state index in [0.29, 0.717) is 18.1 Å². The van der Waals surface area contributed by atoms with Crippen molar-refractivity contribution in [3.63, 3.8) is 0 Å². The molecule has 0 bridgehead atoms. The van der Waals surface area contributed by atoms with Gasteiger partial charge in [-0.05, 0) is 31.0 Å². The molecular weight excluding hydrogens is 272 g/mol. The van der Waals surface area contributed by atoms with Gasteiger partial charge in [0.05, 0.1) is 19.8 Å². The van der Waals surface area contributed by atoms with E-state index < -0.39 is 12.2 Å². The molecule has 2 atom stereocenters. The van der Waals surface area contributed by atoms with E-state index in [1.807, 2.05) is 0 Å². The highest BCUT2D eigenvalue weighted by Crippen LogP contribution is 2.30. The summed E-state index contributed by atoms with van der Waals surface area (Å²) in [5, 5.41) is 19.3. The van der Waals surface area contributed by atoms with E-state index >= 15 is 0 Å².